The van der Waals surface area contributed by atoms with Gasteiger partial charge in [0, 0.05) is 31.0 Å². The Balaban J connectivity index is 1.69. The van der Waals surface area contributed by atoms with Gasteiger partial charge in [0.05, 0.1) is 23.2 Å². The second-order valence-electron chi connectivity index (χ2n) is 6.36. The van der Waals surface area contributed by atoms with Crippen molar-refractivity contribution in [1.82, 2.24) is 4.90 Å². The first kappa shape index (κ1) is 18.2. The van der Waals surface area contributed by atoms with Gasteiger partial charge in [-0.2, -0.15) is 5.26 Å². The summed E-state index contributed by atoms with van der Waals surface area (Å²) in [6.45, 7) is 0.789. The Bertz CT molecular complexity index is 891. The third kappa shape index (κ3) is 3.78. The highest BCUT2D eigenvalue weighted by Gasteiger charge is 2.37. The number of amides is 2. The number of hydrogen-bond acceptors (Lipinski definition) is 3. The van der Waals surface area contributed by atoms with Gasteiger partial charge in [-0.05, 0) is 45.8 Å². The maximum absolute atomic E-state index is 12.8. The van der Waals surface area contributed by atoms with E-state index >= 15 is 0 Å². The Morgan fingerprint density at radius 1 is 1.31 bits per heavy atom. The van der Waals surface area contributed by atoms with Crippen molar-refractivity contribution < 1.29 is 9.59 Å². The van der Waals surface area contributed by atoms with Crippen LogP contribution in [-0.4, -0.2) is 30.3 Å². The van der Waals surface area contributed by atoms with Gasteiger partial charge in [0.25, 0.3) is 0 Å². The lowest BCUT2D eigenvalue weighted by Gasteiger charge is -2.22. The van der Waals surface area contributed by atoms with E-state index in [0.29, 0.717) is 18.7 Å². The quantitative estimate of drug-likeness (QED) is 0.774. The van der Waals surface area contributed by atoms with E-state index in [9.17, 15) is 9.59 Å². The summed E-state index contributed by atoms with van der Waals surface area (Å²) in [5.74, 6) is -0.468. The molecule has 0 bridgehead atoms. The number of halogens is 1. The molecule has 26 heavy (non-hydrogen) atoms. The number of hydrogen-bond donors (Lipinski definition) is 0. The van der Waals surface area contributed by atoms with Crippen LogP contribution >= 0.6 is 15.9 Å². The van der Waals surface area contributed by atoms with Gasteiger partial charge in [-0.3, -0.25) is 9.59 Å². The Labute approximate surface area is 161 Å². The molecule has 1 aliphatic rings. The van der Waals surface area contributed by atoms with E-state index in [4.69, 9.17) is 5.26 Å². The molecule has 5 nitrogen and oxygen atoms in total. The summed E-state index contributed by atoms with van der Waals surface area (Å²) in [5, 5.41) is 8.99. The standard InChI is InChI=1S/C20H18BrN3O2/c1-23(12-15-6-4-5-14(9-15)11-22)20(26)16-10-19(25)24(13-16)18-8-3-2-7-17(18)21/h2-9,16H,10,12-13H2,1H3. The molecule has 3 rings (SSSR count). The van der Waals surface area contributed by atoms with Crippen LogP contribution in [0.25, 0.3) is 0 Å². The topological polar surface area (TPSA) is 64.4 Å². The van der Waals surface area contributed by atoms with Crippen molar-refractivity contribution in [2.24, 2.45) is 5.92 Å². The van der Waals surface area contributed by atoms with Gasteiger partial charge >= 0.3 is 0 Å². The van der Waals surface area contributed by atoms with E-state index in [1.165, 1.54) is 0 Å². The van der Waals surface area contributed by atoms with E-state index in [2.05, 4.69) is 22.0 Å². The first-order chi connectivity index (χ1) is 12.5. The normalized spacial score (nSPS) is 16.4. The highest BCUT2D eigenvalue weighted by Crippen LogP contribution is 2.31. The number of para-hydroxylation sites is 1. The predicted molar refractivity (Wildman–Crippen MR) is 102 cm³/mol. The summed E-state index contributed by atoms with van der Waals surface area (Å²) in [5.41, 5.74) is 2.25. The van der Waals surface area contributed by atoms with E-state index in [0.717, 1.165) is 15.7 Å². The summed E-state index contributed by atoms with van der Waals surface area (Å²) < 4.78 is 0.836. The minimum Gasteiger partial charge on any atom is -0.341 e. The van der Waals surface area contributed by atoms with Crippen molar-refractivity contribution in [1.29, 1.82) is 5.26 Å². The molecular weight excluding hydrogens is 394 g/mol. The molecule has 1 fully saturated rings. The van der Waals surface area contributed by atoms with Crippen LogP contribution in [0.4, 0.5) is 5.69 Å². The van der Waals surface area contributed by atoms with Crippen LogP contribution in [-0.2, 0) is 16.1 Å². The number of carbonyl (C=O) groups is 2. The fourth-order valence-electron chi connectivity index (χ4n) is 3.18. The third-order valence-electron chi connectivity index (χ3n) is 4.47. The molecule has 0 spiro atoms. The molecule has 0 aromatic heterocycles. The Hall–Kier alpha value is -2.65. The molecule has 2 amide bonds. The summed E-state index contributed by atoms with van der Waals surface area (Å²) in [6.07, 6.45) is 0.211. The van der Waals surface area contributed by atoms with Gasteiger partial charge in [0.1, 0.15) is 0 Å². The molecule has 6 heteroatoms. The largest absolute Gasteiger partial charge is 0.341 e. The van der Waals surface area contributed by atoms with Crippen molar-refractivity contribution >= 4 is 33.4 Å². The van der Waals surface area contributed by atoms with E-state index in [1.54, 1.807) is 35.0 Å². The number of nitriles is 1. The van der Waals surface area contributed by atoms with Crippen LogP contribution in [0.5, 0.6) is 0 Å². The summed E-state index contributed by atoms with van der Waals surface area (Å²) in [6, 6.07) is 16.8. The predicted octanol–water partition coefficient (Wildman–Crippen LogP) is 3.33. The average Bonchev–Trinajstić information content (AvgIpc) is 3.03. The van der Waals surface area contributed by atoms with Gasteiger partial charge < -0.3 is 9.80 Å². The zero-order valence-corrected chi connectivity index (χ0v) is 15.9. The molecule has 0 radical (unpaired) electrons. The molecule has 1 heterocycles. The lowest BCUT2D eigenvalue weighted by atomic mass is 10.1. The van der Waals surface area contributed by atoms with Gasteiger partial charge in [0.2, 0.25) is 11.8 Å². The third-order valence-corrected chi connectivity index (χ3v) is 5.14. The van der Waals surface area contributed by atoms with Crippen molar-refractivity contribution in [2.75, 3.05) is 18.5 Å². The Morgan fingerprint density at radius 2 is 2.08 bits per heavy atom. The number of rotatable bonds is 4. The molecular formula is C20H18BrN3O2. The molecule has 2 aromatic carbocycles. The monoisotopic (exact) mass is 411 g/mol. The smallest absolute Gasteiger partial charge is 0.228 e. The van der Waals surface area contributed by atoms with Crippen LogP contribution < -0.4 is 4.90 Å². The van der Waals surface area contributed by atoms with Gasteiger partial charge in [-0.25, -0.2) is 0 Å². The second kappa shape index (κ2) is 7.71. The number of anilines is 1. The first-order valence-corrected chi connectivity index (χ1v) is 9.08. The van der Waals surface area contributed by atoms with Crippen LogP contribution in [0.2, 0.25) is 0 Å². The van der Waals surface area contributed by atoms with Gasteiger partial charge in [-0.1, -0.05) is 24.3 Å². The molecule has 2 aromatic rings. The zero-order valence-electron chi connectivity index (χ0n) is 14.4. The van der Waals surface area contributed by atoms with Crippen molar-refractivity contribution in [3.63, 3.8) is 0 Å². The van der Waals surface area contributed by atoms with Crippen LogP contribution in [0.3, 0.4) is 0 Å². The minimum absolute atomic E-state index is 0.0462. The molecule has 1 atom stereocenters. The second-order valence-corrected chi connectivity index (χ2v) is 7.22. The maximum Gasteiger partial charge on any atom is 0.228 e. The fourth-order valence-corrected chi connectivity index (χ4v) is 3.68. The molecule has 0 aliphatic carbocycles. The zero-order chi connectivity index (χ0) is 18.7. The maximum atomic E-state index is 12.8. The number of nitrogens with zero attached hydrogens (tertiary/aromatic N) is 3. The summed E-state index contributed by atoms with van der Waals surface area (Å²) in [4.78, 5) is 28.5. The number of carbonyl (C=O) groups excluding carboxylic acids is 2. The van der Waals surface area contributed by atoms with E-state index in [-0.39, 0.29) is 24.2 Å². The lowest BCUT2D eigenvalue weighted by molar-refractivity contribution is -0.135. The molecule has 0 saturated carbocycles. The molecule has 0 N–H and O–H groups in total. The number of benzene rings is 2. The summed E-state index contributed by atoms with van der Waals surface area (Å²) in [7, 11) is 1.73. The van der Waals surface area contributed by atoms with Crippen molar-refractivity contribution in [3.8, 4) is 6.07 Å². The molecule has 1 aliphatic heterocycles. The average molecular weight is 412 g/mol. The Morgan fingerprint density at radius 3 is 2.81 bits per heavy atom. The SMILES string of the molecule is CN(Cc1cccc(C#N)c1)C(=O)C1CC(=O)N(c2ccccc2Br)C1. The first-order valence-electron chi connectivity index (χ1n) is 8.28. The van der Waals surface area contributed by atoms with Crippen LogP contribution in [0.1, 0.15) is 17.5 Å². The molecule has 1 unspecified atom stereocenters. The lowest BCUT2D eigenvalue weighted by Crippen LogP contribution is -2.34. The van der Waals surface area contributed by atoms with Crippen LogP contribution in [0, 0.1) is 17.2 Å². The van der Waals surface area contributed by atoms with E-state index < -0.39 is 0 Å². The summed E-state index contributed by atoms with van der Waals surface area (Å²) >= 11 is 3.46. The highest BCUT2D eigenvalue weighted by atomic mass is 79.9. The molecule has 1 saturated heterocycles. The Kier molecular flexibility index (Phi) is 5.38. The highest BCUT2D eigenvalue weighted by molar-refractivity contribution is 9.10. The van der Waals surface area contributed by atoms with Crippen molar-refractivity contribution in [2.45, 2.75) is 13.0 Å². The van der Waals surface area contributed by atoms with Crippen LogP contribution in [0.15, 0.2) is 53.0 Å². The van der Waals surface area contributed by atoms with Gasteiger partial charge in [0.15, 0.2) is 0 Å². The fraction of sp³-hybridized carbons (Fsp3) is 0.250. The van der Waals surface area contributed by atoms with E-state index in [1.807, 2.05) is 30.3 Å². The van der Waals surface area contributed by atoms with Gasteiger partial charge in [-0.15, -0.1) is 0 Å². The minimum atomic E-state index is -0.362. The van der Waals surface area contributed by atoms with Crippen molar-refractivity contribution in [3.05, 3.63) is 64.1 Å². The molecule has 132 valence electrons.